The first-order chi connectivity index (χ1) is 10.0. The zero-order valence-electron chi connectivity index (χ0n) is 11.0. The van der Waals surface area contributed by atoms with E-state index in [-0.39, 0.29) is 5.91 Å². The molecule has 2 rings (SSSR count). The predicted molar refractivity (Wildman–Crippen MR) is 90.1 cm³/mol. The van der Waals surface area contributed by atoms with E-state index in [1.807, 2.05) is 6.07 Å². The van der Waals surface area contributed by atoms with Crippen molar-refractivity contribution in [2.24, 2.45) is 0 Å². The van der Waals surface area contributed by atoms with Gasteiger partial charge in [-0.05, 0) is 52.5 Å². The minimum atomic E-state index is -0.442. The molecule has 0 unspecified atom stereocenters. The van der Waals surface area contributed by atoms with Gasteiger partial charge in [-0.15, -0.1) is 11.3 Å². The second-order valence-corrected chi connectivity index (χ2v) is 6.65. The van der Waals surface area contributed by atoms with Gasteiger partial charge in [-0.3, -0.25) is 4.79 Å². The summed E-state index contributed by atoms with van der Waals surface area (Å²) in [7, 11) is 0. The van der Waals surface area contributed by atoms with E-state index in [2.05, 4.69) is 37.2 Å². The molecule has 0 radical (unpaired) electrons. The van der Waals surface area contributed by atoms with Crippen LogP contribution in [0.15, 0.2) is 38.6 Å². The number of amides is 1. The van der Waals surface area contributed by atoms with Crippen molar-refractivity contribution >= 4 is 60.1 Å². The molecule has 1 amide bonds. The molecule has 0 bridgehead atoms. The van der Waals surface area contributed by atoms with Crippen LogP contribution in [-0.4, -0.2) is 18.5 Å². The average Bonchev–Trinajstić information content (AvgIpc) is 2.90. The Kier molecular flexibility index (Phi) is 5.55. The molecule has 1 aromatic carbocycles. The topological polar surface area (TPSA) is 55.4 Å². The van der Waals surface area contributed by atoms with E-state index >= 15 is 0 Å². The summed E-state index contributed by atoms with van der Waals surface area (Å²) in [4.78, 5) is 24.1. The van der Waals surface area contributed by atoms with Crippen LogP contribution in [0.2, 0.25) is 0 Å². The Morgan fingerprint density at radius 1 is 1.24 bits per heavy atom. The van der Waals surface area contributed by atoms with Gasteiger partial charge in [0.2, 0.25) is 0 Å². The first-order valence-electron chi connectivity index (χ1n) is 6.04. The van der Waals surface area contributed by atoms with Crippen LogP contribution < -0.4 is 5.32 Å². The average molecular weight is 433 g/mol. The molecule has 0 fully saturated rings. The summed E-state index contributed by atoms with van der Waals surface area (Å²) >= 11 is 7.94. The van der Waals surface area contributed by atoms with Crippen LogP contribution >= 0.6 is 43.2 Å². The molecular formula is C14H11Br2NO3S. The van der Waals surface area contributed by atoms with Gasteiger partial charge in [0, 0.05) is 8.95 Å². The lowest BCUT2D eigenvalue weighted by atomic mass is 10.2. The lowest BCUT2D eigenvalue weighted by Gasteiger charge is -2.08. The fraction of sp³-hybridized carbons (Fsp3) is 0.143. The third kappa shape index (κ3) is 3.93. The van der Waals surface area contributed by atoms with Crippen LogP contribution in [0.5, 0.6) is 0 Å². The van der Waals surface area contributed by atoms with Gasteiger partial charge in [-0.25, -0.2) is 4.79 Å². The molecular weight excluding hydrogens is 422 g/mol. The molecule has 110 valence electrons. The van der Waals surface area contributed by atoms with E-state index in [1.54, 1.807) is 30.5 Å². The number of carbonyl (C=O) groups is 2. The van der Waals surface area contributed by atoms with E-state index in [9.17, 15) is 9.59 Å². The Bertz CT molecular complexity index is 685. The lowest BCUT2D eigenvalue weighted by molar-refractivity contribution is 0.0528. The second-order valence-electron chi connectivity index (χ2n) is 3.96. The van der Waals surface area contributed by atoms with Gasteiger partial charge in [0.1, 0.15) is 5.00 Å². The van der Waals surface area contributed by atoms with Gasteiger partial charge in [0.05, 0.1) is 17.7 Å². The van der Waals surface area contributed by atoms with E-state index < -0.39 is 5.97 Å². The number of hydrogen-bond donors (Lipinski definition) is 1. The fourth-order valence-corrected chi connectivity index (χ4v) is 3.18. The highest BCUT2D eigenvalue weighted by Crippen LogP contribution is 2.27. The first kappa shape index (κ1) is 16.2. The molecule has 1 aromatic heterocycles. The molecule has 0 saturated heterocycles. The lowest BCUT2D eigenvalue weighted by Crippen LogP contribution is -2.14. The summed E-state index contributed by atoms with van der Waals surface area (Å²) in [6, 6.07) is 6.95. The van der Waals surface area contributed by atoms with Gasteiger partial charge in [-0.2, -0.15) is 0 Å². The maximum atomic E-state index is 12.3. The van der Waals surface area contributed by atoms with E-state index in [1.165, 1.54) is 11.3 Å². The molecule has 0 aliphatic heterocycles. The van der Waals surface area contributed by atoms with E-state index in [4.69, 9.17) is 4.74 Å². The van der Waals surface area contributed by atoms with Crippen molar-refractivity contribution in [1.29, 1.82) is 0 Å². The smallest absolute Gasteiger partial charge is 0.341 e. The van der Waals surface area contributed by atoms with Crippen molar-refractivity contribution in [2.45, 2.75) is 6.92 Å². The molecule has 0 aliphatic rings. The molecule has 7 heteroatoms. The van der Waals surface area contributed by atoms with Crippen molar-refractivity contribution in [3.63, 3.8) is 0 Å². The second kappa shape index (κ2) is 7.20. The number of benzene rings is 1. The van der Waals surface area contributed by atoms with E-state index in [0.29, 0.717) is 27.2 Å². The van der Waals surface area contributed by atoms with Crippen LogP contribution in [0.1, 0.15) is 27.6 Å². The van der Waals surface area contributed by atoms with Crippen molar-refractivity contribution in [3.8, 4) is 0 Å². The summed E-state index contributed by atoms with van der Waals surface area (Å²) in [5.41, 5.74) is 0.842. The van der Waals surface area contributed by atoms with Gasteiger partial charge in [-0.1, -0.05) is 15.9 Å². The SMILES string of the molecule is CCOC(=O)c1ccsc1NC(=O)c1cc(Br)ccc1Br. The minimum absolute atomic E-state index is 0.291. The summed E-state index contributed by atoms with van der Waals surface area (Å²) < 4.78 is 6.43. The van der Waals surface area contributed by atoms with Crippen LogP contribution in [0.25, 0.3) is 0 Å². The summed E-state index contributed by atoms with van der Waals surface area (Å²) in [5.74, 6) is -0.737. The number of anilines is 1. The normalized spacial score (nSPS) is 10.2. The molecule has 0 aliphatic carbocycles. The standard InChI is InChI=1S/C14H11Br2NO3S/c1-2-20-14(19)9-5-6-21-13(9)17-12(18)10-7-8(15)3-4-11(10)16/h3-7H,2H2,1H3,(H,17,18). The van der Waals surface area contributed by atoms with Crippen LogP contribution in [-0.2, 0) is 4.74 Å². The first-order valence-corrected chi connectivity index (χ1v) is 8.50. The van der Waals surface area contributed by atoms with Gasteiger partial charge >= 0.3 is 5.97 Å². The number of rotatable bonds is 4. The van der Waals surface area contributed by atoms with Gasteiger partial charge < -0.3 is 10.1 Å². The molecule has 1 heterocycles. The third-order valence-corrected chi connectivity index (χ3v) is 4.58. The number of nitrogens with one attached hydrogen (secondary N) is 1. The van der Waals surface area contributed by atoms with Crippen LogP contribution in [0.3, 0.4) is 0 Å². The zero-order chi connectivity index (χ0) is 15.4. The number of esters is 1. The van der Waals surface area contributed by atoms with Gasteiger partial charge in [0.15, 0.2) is 0 Å². The van der Waals surface area contributed by atoms with Gasteiger partial charge in [0.25, 0.3) is 5.91 Å². The monoisotopic (exact) mass is 431 g/mol. The van der Waals surface area contributed by atoms with Crippen molar-refractivity contribution < 1.29 is 14.3 Å². The Labute approximate surface area is 142 Å². The highest BCUT2D eigenvalue weighted by Gasteiger charge is 2.18. The van der Waals surface area contributed by atoms with Crippen molar-refractivity contribution in [1.82, 2.24) is 0 Å². The third-order valence-electron chi connectivity index (χ3n) is 2.56. The summed E-state index contributed by atoms with van der Waals surface area (Å²) in [6.07, 6.45) is 0. The molecule has 4 nitrogen and oxygen atoms in total. The number of ether oxygens (including phenoxy) is 1. The largest absolute Gasteiger partial charge is 0.462 e. The highest BCUT2D eigenvalue weighted by molar-refractivity contribution is 9.11. The molecule has 0 spiro atoms. The number of hydrogen-bond acceptors (Lipinski definition) is 4. The molecule has 0 saturated carbocycles. The Morgan fingerprint density at radius 3 is 2.71 bits per heavy atom. The van der Waals surface area contributed by atoms with Crippen LogP contribution in [0.4, 0.5) is 5.00 Å². The fourth-order valence-electron chi connectivity index (χ4n) is 1.62. The Hall–Kier alpha value is -1.18. The quantitative estimate of drug-likeness (QED) is 0.712. The maximum absolute atomic E-state index is 12.3. The molecule has 0 atom stereocenters. The van der Waals surface area contributed by atoms with Crippen molar-refractivity contribution in [2.75, 3.05) is 11.9 Å². The molecule has 21 heavy (non-hydrogen) atoms. The highest BCUT2D eigenvalue weighted by atomic mass is 79.9. The number of halogens is 2. The summed E-state index contributed by atoms with van der Waals surface area (Å²) in [6.45, 7) is 2.03. The zero-order valence-corrected chi connectivity index (χ0v) is 15.0. The summed E-state index contributed by atoms with van der Waals surface area (Å²) in [5, 5.41) is 4.95. The predicted octanol–water partition coefficient (Wildman–Crippen LogP) is 4.70. The van der Waals surface area contributed by atoms with E-state index in [0.717, 1.165) is 4.47 Å². The maximum Gasteiger partial charge on any atom is 0.341 e. The van der Waals surface area contributed by atoms with Crippen molar-refractivity contribution in [3.05, 3.63) is 49.7 Å². The Balaban J connectivity index is 2.22. The number of thiophene rings is 1. The minimum Gasteiger partial charge on any atom is -0.462 e. The number of carbonyl (C=O) groups excluding carboxylic acids is 2. The van der Waals surface area contributed by atoms with Crippen LogP contribution in [0, 0.1) is 0 Å². The molecule has 1 N–H and O–H groups in total. The Morgan fingerprint density at radius 2 is 2.00 bits per heavy atom. The molecule has 2 aromatic rings.